The molecule has 0 aliphatic carbocycles. The van der Waals surface area contributed by atoms with Gasteiger partial charge >= 0.3 is 0 Å². The van der Waals surface area contributed by atoms with Crippen molar-refractivity contribution in [3.05, 3.63) is 78.8 Å². The molecule has 0 radical (unpaired) electrons. The minimum atomic E-state index is -0.0948. The molecule has 5 heteroatoms. The lowest BCUT2D eigenvalue weighted by Crippen LogP contribution is -2.39. The Bertz CT molecular complexity index is 1050. The molecule has 27 heavy (non-hydrogen) atoms. The number of nitrogens with zero attached hydrogens (tertiary/aromatic N) is 3. The van der Waals surface area contributed by atoms with Gasteiger partial charge in [-0.1, -0.05) is 42.5 Å². The number of para-hydroxylation sites is 1. The van der Waals surface area contributed by atoms with E-state index in [4.69, 9.17) is 19.1 Å². The van der Waals surface area contributed by atoms with E-state index >= 15 is 0 Å². The molecule has 1 fully saturated rings. The molecular formula is C22H19N3O2. The fraction of sp³-hybridized carbons (Fsp3) is 0.182. The molecule has 0 spiro atoms. The lowest BCUT2D eigenvalue weighted by Gasteiger charge is -2.33. The maximum Gasteiger partial charge on any atom is 0.162 e. The molecule has 5 rings (SSSR count). The molecule has 5 nitrogen and oxygen atoms in total. The number of benzene rings is 2. The second-order valence-corrected chi connectivity index (χ2v) is 6.57. The lowest BCUT2D eigenvalue weighted by atomic mass is 10.1. The van der Waals surface area contributed by atoms with Crippen LogP contribution in [0.2, 0.25) is 0 Å². The molecule has 1 unspecified atom stereocenters. The maximum absolute atomic E-state index is 5.92. The summed E-state index contributed by atoms with van der Waals surface area (Å²) in [5.41, 5.74) is 1.96. The van der Waals surface area contributed by atoms with Gasteiger partial charge in [0.1, 0.15) is 17.7 Å². The summed E-state index contributed by atoms with van der Waals surface area (Å²) in [4.78, 5) is 12.0. The van der Waals surface area contributed by atoms with Crippen molar-refractivity contribution in [2.75, 3.05) is 24.6 Å². The number of furan rings is 1. The smallest absolute Gasteiger partial charge is 0.162 e. The third-order valence-electron chi connectivity index (χ3n) is 4.84. The van der Waals surface area contributed by atoms with E-state index in [0.717, 1.165) is 40.4 Å². The summed E-state index contributed by atoms with van der Waals surface area (Å²) in [6.07, 6.45) is 1.59. The number of rotatable bonds is 3. The molecule has 1 atom stereocenters. The second-order valence-electron chi connectivity index (χ2n) is 6.57. The highest BCUT2D eigenvalue weighted by Gasteiger charge is 2.26. The molecule has 134 valence electrons. The zero-order chi connectivity index (χ0) is 18.1. The summed E-state index contributed by atoms with van der Waals surface area (Å²) in [5.74, 6) is 2.53. The largest absolute Gasteiger partial charge is 0.467 e. The molecule has 0 bridgehead atoms. The van der Waals surface area contributed by atoms with Crippen LogP contribution in [0.4, 0.5) is 5.82 Å². The van der Waals surface area contributed by atoms with Gasteiger partial charge in [0.05, 0.1) is 24.9 Å². The molecule has 1 aliphatic heterocycles. The Morgan fingerprint density at radius 3 is 2.59 bits per heavy atom. The van der Waals surface area contributed by atoms with Gasteiger partial charge < -0.3 is 14.1 Å². The van der Waals surface area contributed by atoms with Gasteiger partial charge in [-0.05, 0) is 24.3 Å². The number of hydrogen-bond donors (Lipinski definition) is 0. The van der Waals surface area contributed by atoms with Crippen molar-refractivity contribution in [1.82, 2.24) is 9.97 Å². The molecule has 1 saturated heterocycles. The van der Waals surface area contributed by atoms with Crippen LogP contribution in [0.1, 0.15) is 11.9 Å². The number of fused-ring (bicyclic) bond motifs is 1. The first-order valence-corrected chi connectivity index (χ1v) is 9.10. The van der Waals surface area contributed by atoms with Gasteiger partial charge in [-0.15, -0.1) is 0 Å². The van der Waals surface area contributed by atoms with E-state index < -0.39 is 0 Å². The first kappa shape index (κ1) is 16.0. The van der Waals surface area contributed by atoms with E-state index in [-0.39, 0.29) is 6.10 Å². The van der Waals surface area contributed by atoms with Crippen molar-refractivity contribution >= 4 is 16.7 Å². The summed E-state index contributed by atoms with van der Waals surface area (Å²) in [6.45, 7) is 2.11. The Hall–Kier alpha value is -3.18. The Morgan fingerprint density at radius 2 is 1.74 bits per heavy atom. The van der Waals surface area contributed by atoms with Gasteiger partial charge in [-0.25, -0.2) is 9.97 Å². The van der Waals surface area contributed by atoms with Crippen LogP contribution < -0.4 is 4.90 Å². The van der Waals surface area contributed by atoms with Gasteiger partial charge in [0.25, 0.3) is 0 Å². The highest BCUT2D eigenvalue weighted by Crippen LogP contribution is 2.31. The predicted octanol–water partition coefficient (Wildman–Crippen LogP) is 4.47. The highest BCUT2D eigenvalue weighted by molar-refractivity contribution is 5.91. The highest BCUT2D eigenvalue weighted by atomic mass is 16.5. The molecule has 0 N–H and O–H groups in total. The van der Waals surface area contributed by atoms with Gasteiger partial charge in [0.15, 0.2) is 5.82 Å². The van der Waals surface area contributed by atoms with Crippen LogP contribution in [-0.2, 0) is 4.74 Å². The number of hydrogen-bond acceptors (Lipinski definition) is 5. The van der Waals surface area contributed by atoms with Crippen LogP contribution in [0.25, 0.3) is 22.3 Å². The van der Waals surface area contributed by atoms with Crippen LogP contribution in [0.3, 0.4) is 0 Å². The van der Waals surface area contributed by atoms with Crippen LogP contribution in [-0.4, -0.2) is 29.7 Å². The van der Waals surface area contributed by atoms with Crippen LogP contribution in [0.15, 0.2) is 77.4 Å². The monoisotopic (exact) mass is 357 g/mol. The Kier molecular flexibility index (Phi) is 4.07. The summed E-state index contributed by atoms with van der Waals surface area (Å²) < 4.78 is 11.5. The van der Waals surface area contributed by atoms with Crippen molar-refractivity contribution in [2.24, 2.45) is 0 Å². The topological polar surface area (TPSA) is 51.4 Å². The van der Waals surface area contributed by atoms with Gasteiger partial charge in [0, 0.05) is 17.5 Å². The Balaban J connectivity index is 1.59. The van der Waals surface area contributed by atoms with Crippen molar-refractivity contribution in [3.63, 3.8) is 0 Å². The van der Waals surface area contributed by atoms with Crippen LogP contribution in [0, 0.1) is 0 Å². The number of aromatic nitrogens is 2. The summed E-state index contributed by atoms with van der Waals surface area (Å²) in [5, 5.41) is 1.05. The minimum absolute atomic E-state index is 0.0948. The average Bonchev–Trinajstić information content (AvgIpc) is 3.29. The zero-order valence-corrected chi connectivity index (χ0v) is 14.8. The summed E-state index contributed by atoms with van der Waals surface area (Å²) in [7, 11) is 0. The molecule has 1 aliphatic rings. The van der Waals surface area contributed by atoms with Gasteiger partial charge in [-0.3, -0.25) is 0 Å². The number of ether oxygens (including phenoxy) is 1. The van der Waals surface area contributed by atoms with Crippen molar-refractivity contribution in [1.29, 1.82) is 0 Å². The van der Waals surface area contributed by atoms with E-state index in [9.17, 15) is 0 Å². The van der Waals surface area contributed by atoms with Gasteiger partial charge in [-0.2, -0.15) is 0 Å². The van der Waals surface area contributed by atoms with E-state index in [2.05, 4.69) is 11.0 Å². The lowest BCUT2D eigenvalue weighted by molar-refractivity contribution is 0.0256. The normalized spacial score (nSPS) is 17.3. The van der Waals surface area contributed by atoms with Crippen molar-refractivity contribution in [3.8, 4) is 11.4 Å². The minimum Gasteiger partial charge on any atom is -0.467 e. The van der Waals surface area contributed by atoms with E-state index in [0.29, 0.717) is 13.2 Å². The van der Waals surface area contributed by atoms with Gasteiger partial charge in [0.2, 0.25) is 0 Å². The third-order valence-corrected chi connectivity index (χ3v) is 4.84. The van der Waals surface area contributed by atoms with Crippen molar-refractivity contribution in [2.45, 2.75) is 6.10 Å². The standard InChI is InChI=1S/C22H19N3O2/c1-2-7-16(8-3-1)21-23-18-10-5-4-9-17(18)22(24-21)25-12-14-27-20(15-25)19-11-6-13-26-19/h1-11,13,20H,12,14-15H2. The van der Waals surface area contributed by atoms with E-state index in [1.807, 2.05) is 60.7 Å². The average molecular weight is 357 g/mol. The van der Waals surface area contributed by atoms with E-state index in [1.54, 1.807) is 6.26 Å². The van der Waals surface area contributed by atoms with E-state index in [1.165, 1.54) is 0 Å². The summed E-state index contributed by atoms with van der Waals surface area (Å²) >= 11 is 0. The SMILES string of the molecule is c1ccc(-c2nc(N3CCOC(c4ccco4)C3)c3ccccc3n2)cc1. The Morgan fingerprint density at radius 1 is 0.889 bits per heavy atom. The number of anilines is 1. The fourth-order valence-corrected chi connectivity index (χ4v) is 3.51. The molecule has 2 aromatic carbocycles. The first-order valence-electron chi connectivity index (χ1n) is 9.10. The molecule has 0 amide bonds. The molecule has 3 heterocycles. The van der Waals surface area contributed by atoms with Crippen molar-refractivity contribution < 1.29 is 9.15 Å². The quantitative estimate of drug-likeness (QED) is 0.541. The predicted molar refractivity (Wildman–Crippen MR) is 105 cm³/mol. The first-order chi connectivity index (χ1) is 13.4. The number of morpholine rings is 1. The summed E-state index contributed by atoms with van der Waals surface area (Å²) in [6, 6.07) is 22.1. The second kappa shape index (κ2) is 6.85. The zero-order valence-electron chi connectivity index (χ0n) is 14.8. The maximum atomic E-state index is 5.92. The molecule has 4 aromatic rings. The third kappa shape index (κ3) is 3.06. The van der Waals surface area contributed by atoms with Crippen LogP contribution in [0.5, 0.6) is 0 Å². The Labute approximate surface area is 157 Å². The fourth-order valence-electron chi connectivity index (χ4n) is 3.51. The molecular weight excluding hydrogens is 338 g/mol. The molecule has 0 saturated carbocycles. The van der Waals surface area contributed by atoms with Crippen LogP contribution >= 0.6 is 0 Å². The molecule has 2 aromatic heterocycles.